The molecule has 164 valence electrons. The molecule has 8 atom stereocenters. The molecule has 0 aromatic carbocycles. The van der Waals surface area contributed by atoms with Crippen molar-refractivity contribution in [2.75, 3.05) is 0 Å². The van der Waals surface area contributed by atoms with E-state index in [1.807, 2.05) is 0 Å². The number of fused-ring (bicyclic) bond motifs is 5. The number of amides is 1. The van der Waals surface area contributed by atoms with Crippen LogP contribution >= 0.6 is 0 Å². The lowest BCUT2D eigenvalue weighted by Crippen LogP contribution is -2.55. The van der Waals surface area contributed by atoms with Crippen LogP contribution in [0.15, 0.2) is 11.8 Å². The Morgan fingerprint density at radius 2 is 1.83 bits per heavy atom. The third-order valence-corrected chi connectivity index (χ3v) is 10.1. The molecule has 3 fully saturated rings. The molecule has 1 aliphatic heterocycles. The van der Waals surface area contributed by atoms with E-state index < -0.39 is 0 Å². The third kappa shape index (κ3) is 3.51. The molecule has 4 rings (SSSR count). The Bertz CT molecular complexity index is 665. The molecule has 2 saturated carbocycles. The van der Waals surface area contributed by atoms with Crippen molar-refractivity contribution in [1.82, 2.24) is 5.32 Å². The molecule has 1 amide bonds. The molecule has 2 nitrogen and oxygen atoms in total. The average Bonchev–Trinajstić information content (AvgIpc) is 3.00. The van der Waals surface area contributed by atoms with Crippen molar-refractivity contribution in [3.8, 4) is 0 Å². The van der Waals surface area contributed by atoms with Gasteiger partial charge in [0.2, 0.25) is 5.91 Å². The van der Waals surface area contributed by atoms with Gasteiger partial charge >= 0.3 is 0 Å². The van der Waals surface area contributed by atoms with Crippen LogP contribution in [-0.2, 0) is 4.79 Å². The first-order valence-corrected chi connectivity index (χ1v) is 12.7. The number of nitrogens with one attached hydrogen (secondary N) is 1. The molecule has 1 unspecified atom stereocenters. The predicted octanol–water partition coefficient (Wildman–Crippen LogP) is 6.96. The molecular weight excluding hydrogens is 354 g/mol. The Morgan fingerprint density at radius 1 is 1.07 bits per heavy atom. The molecule has 4 aliphatic rings. The number of carbonyl (C=O) groups excluding carboxylic acids is 1. The molecule has 3 aliphatic carbocycles. The SMILES string of the molecule is CC(C)CCC[C@@H](C)[C@H]1CC[C@H]2[C@@H]3C(C)C=C4NC(=O)CC[C@]4(C)[C@H]3CC[C@]12C. The number of hydrogen-bond donors (Lipinski definition) is 1. The third-order valence-electron chi connectivity index (χ3n) is 10.1. The minimum Gasteiger partial charge on any atom is -0.330 e. The fourth-order valence-electron chi connectivity index (χ4n) is 8.55. The summed E-state index contributed by atoms with van der Waals surface area (Å²) in [6, 6.07) is 0. The zero-order valence-electron chi connectivity index (χ0n) is 19.9. The van der Waals surface area contributed by atoms with Gasteiger partial charge < -0.3 is 5.32 Å². The Morgan fingerprint density at radius 3 is 2.55 bits per heavy atom. The number of rotatable bonds is 5. The lowest BCUT2D eigenvalue weighted by Gasteiger charge is -2.59. The van der Waals surface area contributed by atoms with Gasteiger partial charge in [0.05, 0.1) is 0 Å². The van der Waals surface area contributed by atoms with E-state index in [0.717, 1.165) is 41.9 Å². The highest BCUT2D eigenvalue weighted by Gasteiger charge is 2.60. The van der Waals surface area contributed by atoms with Crippen molar-refractivity contribution in [3.63, 3.8) is 0 Å². The highest BCUT2D eigenvalue weighted by Crippen LogP contribution is 2.67. The topological polar surface area (TPSA) is 29.1 Å². The normalized spacial score (nSPS) is 45.1. The van der Waals surface area contributed by atoms with Crippen molar-refractivity contribution in [2.45, 2.75) is 99.3 Å². The summed E-state index contributed by atoms with van der Waals surface area (Å²) in [6.07, 6.45) is 14.1. The Kier molecular flexibility index (Phi) is 5.71. The summed E-state index contributed by atoms with van der Waals surface area (Å²) < 4.78 is 0. The number of hydrogen-bond acceptors (Lipinski definition) is 1. The molecule has 0 bridgehead atoms. The van der Waals surface area contributed by atoms with Crippen LogP contribution in [0.3, 0.4) is 0 Å². The first-order valence-electron chi connectivity index (χ1n) is 12.7. The number of piperidine rings is 1. The molecule has 0 aromatic heterocycles. The van der Waals surface area contributed by atoms with E-state index in [1.54, 1.807) is 0 Å². The fraction of sp³-hybridized carbons (Fsp3) is 0.889. The fourth-order valence-corrected chi connectivity index (χ4v) is 8.55. The minimum atomic E-state index is 0.202. The summed E-state index contributed by atoms with van der Waals surface area (Å²) in [5.74, 6) is 5.90. The summed E-state index contributed by atoms with van der Waals surface area (Å²) in [5, 5.41) is 3.27. The van der Waals surface area contributed by atoms with Crippen molar-refractivity contribution in [3.05, 3.63) is 11.8 Å². The second kappa shape index (κ2) is 7.72. The number of carbonyl (C=O) groups is 1. The van der Waals surface area contributed by atoms with Crippen molar-refractivity contribution >= 4 is 5.91 Å². The Labute approximate surface area is 179 Å². The van der Waals surface area contributed by atoms with Crippen LogP contribution in [0.1, 0.15) is 99.3 Å². The molecule has 1 saturated heterocycles. The summed E-state index contributed by atoms with van der Waals surface area (Å²) in [7, 11) is 0. The molecule has 2 heteroatoms. The summed E-state index contributed by atoms with van der Waals surface area (Å²) in [5.41, 5.74) is 2.00. The molecule has 1 N–H and O–H groups in total. The molecule has 0 radical (unpaired) electrons. The number of allylic oxidation sites excluding steroid dienone is 2. The van der Waals surface area contributed by atoms with Gasteiger partial charge in [-0.1, -0.05) is 66.9 Å². The largest absolute Gasteiger partial charge is 0.330 e. The van der Waals surface area contributed by atoms with Crippen LogP contribution < -0.4 is 5.32 Å². The quantitative estimate of drug-likeness (QED) is 0.532. The highest BCUT2D eigenvalue weighted by atomic mass is 16.1. The van der Waals surface area contributed by atoms with Gasteiger partial charge in [-0.05, 0) is 78.9 Å². The zero-order chi connectivity index (χ0) is 21.0. The Hall–Kier alpha value is -0.790. The maximum Gasteiger partial charge on any atom is 0.224 e. The van der Waals surface area contributed by atoms with E-state index in [0.29, 0.717) is 17.8 Å². The van der Waals surface area contributed by atoms with Crippen molar-refractivity contribution < 1.29 is 4.79 Å². The van der Waals surface area contributed by atoms with Gasteiger partial charge in [-0.15, -0.1) is 0 Å². The minimum absolute atomic E-state index is 0.202. The van der Waals surface area contributed by atoms with Gasteiger partial charge in [0.25, 0.3) is 0 Å². The Balaban J connectivity index is 1.54. The standard InChI is InChI=1S/C27H45NO/c1-17(2)8-7-9-18(3)20-10-11-21-25-19(4)16-23-27(6,15-13-24(29)28-23)22(25)12-14-26(20,21)5/h16-22,25H,7-15H2,1-6H3,(H,28,29)/t18-,19?,20-,21+,22+,25+,26-,27-/m1/s1. The van der Waals surface area contributed by atoms with E-state index in [1.165, 1.54) is 50.6 Å². The maximum absolute atomic E-state index is 12.1. The lowest BCUT2D eigenvalue weighted by molar-refractivity contribution is -0.126. The highest BCUT2D eigenvalue weighted by molar-refractivity contribution is 5.79. The first-order chi connectivity index (χ1) is 13.7. The van der Waals surface area contributed by atoms with Crippen LogP contribution in [-0.4, -0.2) is 5.91 Å². The second-order valence-electron chi connectivity index (χ2n) is 12.2. The first kappa shape index (κ1) is 21.4. The lowest BCUT2D eigenvalue weighted by atomic mass is 9.46. The van der Waals surface area contributed by atoms with Crippen LogP contribution in [0.2, 0.25) is 0 Å². The van der Waals surface area contributed by atoms with Gasteiger partial charge in [-0.2, -0.15) is 0 Å². The van der Waals surface area contributed by atoms with E-state index in [-0.39, 0.29) is 11.3 Å². The molecule has 0 aromatic rings. The second-order valence-corrected chi connectivity index (χ2v) is 12.2. The molecular formula is C27H45NO. The van der Waals surface area contributed by atoms with E-state index in [2.05, 4.69) is 52.9 Å². The monoisotopic (exact) mass is 399 g/mol. The van der Waals surface area contributed by atoms with E-state index in [9.17, 15) is 4.79 Å². The van der Waals surface area contributed by atoms with Crippen LogP contribution in [0, 0.1) is 52.3 Å². The van der Waals surface area contributed by atoms with Gasteiger partial charge in [-0.3, -0.25) is 4.79 Å². The average molecular weight is 400 g/mol. The van der Waals surface area contributed by atoms with Gasteiger partial charge in [0, 0.05) is 17.5 Å². The smallest absolute Gasteiger partial charge is 0.224 e. The summed E-state index contributed by atoms with van der Waals surface area (Å²) in [6.45, 7) is 14.9. The van der Waals surface area contributed by atoms with Gasteiger partial charge in [-0.25, -0.2) is 0 Å². The van der Waals surface area contributed by atoms with E-state index >= 15 is 0 Å². The van der Waals surface area contributed by atoms with Crippen molar-refractivity contribution in [2.24, 2.45) is 52.3 Å². The van der Waals surface area contributed by atoms with Crippen molar-refractivity contribution in [1.29, 1.82) is 0 Å². The molecule has 1 heterocycles. The summed E-state index contributed by atoms with van der Waals surface area (Å²) in [4.78, 5) is 12.1. The molecule has 0 spiro atoms. The van der Waals surface area contributed by atoms with Gasteiger partial charge in [0.15, 0.2) is 0 Å². The predicted molar refractivity (Wildman–Crippen MR) is 121 cm³/mol. The summed E-state index contributed by atoms with van der Waals surface area (Å²) >= 11 is 0. The molecule has 29 heavy (non-hydrogen) atoms. The van der Waals surface area contributed by atoms with E-state index in [4.69, 9.17) is 0 Å². The van der Waals surface area contributed by atoms with Gasteiger partial charge in [0.1, 0.15) is 0 Å². The maximum atomic E-state index is 12.1. The van der Waals surface area contributed by atoms with Crippen LogP contribution in [0.5, 0.6) is 0 Å². The zero-order valence-corrected chi connectivity index (χ0v) is 19.9. The van der Waals surface area contributed by atoms with Crippen LogP contribution in [0.4, 0.5) is 0 Å². The van der Waals surface area contributed by atoms with Crippen LogP contribution in [0.25, 0.3) is 0 Å².